The highest BCUT2D eigenvalue weighted by Gasteiger charge is 2.18. The Bertz CT molecular complexity index is 1600. The molecule has 4 aromatic carbocycles. The lowest BCUT2D eigenvalue weighted by molar-refractivity contribution is 0.479. The fraction of sp³-hybridized carbons (Fsp3) is 0.143. The van der Waals surface area contributed by atoms with E-state index < -0.39 is 53.8 Å². The van der Waals surface area contributed by atoms with E-state index >= 15 is 0 Å². The Morgan fingerprint density at radius 2 is 1.17 bits per heavy atom. The van der Waals surface area contributed by atoms with Crippen LogP contribution in [0.1, 0.15) is 40.0 Å². The van der Waals surface area contributed by atoms with E-state index in [0.29, 0.717) is 16.7 Å². The van der Waals surface area contributed by atoms with Crippen LogP contribution in [-0.2, 0) is 5.41 Å². The molecule has 0 aliphatic rings. The maximum atomic E-state index is 11.4. The van der Waals surface area contributed by atoms with Crippen LogP contribution in [0.25, 0.3) is 33.4 Å². The zero-order valence-electron chi connectivity index (χ0n) is 26.4. The predicted octanol–water partition coefficient (Wildman–Crippen LogP) is 7.69. The summed E-state index contributed by atoms with van der Waals surface area (Å²) < 4.78 is 81.6. The second-order valence-corrected chi connectivity index (χ2v) is 7.75. The van der Waals surface area contributed by atoms with E-state index in [0.717, 1.165) is 5.56 Å². The third-order valence-corrected chi connectivity index (χ3v) is 4.70. The highest BCUT2D eigenvalue weighted by Crippen LogP contribution is 2.40. The Morgan fingerprint density at radius 3 is 1.76 bits per heavy atom. The molecule has 0 bridgehead atoms. The van der Waals surface area contributed by atoms with E-state index in [2.05, 4.69) is 0 Å². The molecule has 0 aliphatic heterocycles. The summed E-state index contributed by atoms with van der Waals surface area (Å²) in [6.07, 6.45) is 0. The third-order valence-electron chi connectivity index (χ3n) is 4.70. The van der Waals surface area contributed by atoms with Gasteiger partial charge in [-0.1, -0.05) is 112 Å². The summed E-state index contributed by atoms with van der Waals surface area (Å²) in [5.74, 6) is -0.311. The number of rotatable bonds is 3. The van der Waals surface area contributed by atoms with Crippen molar-refractivity contribution in [2.24, 2.45) is 0 Å². The first-order valence-corrected chi connectivity index (χ1v) is 9.20. The van der Waals surface area contributed by atoms with Crippen LogP contribution in [0.3, 0.4) is 0 Å². The van der Waals surface area contributed by atoms with Gasteiger partial charge in [-0.05, 0) is 39.3 Å². The van der Waals surface area contributed by atoms with Crippen molar-refractivity contribution in [3.05, 3.63) is 102 Å². The molecule has 4 rings (SSSR count). The first-order valence-electron chi connectivity index (χ1n) is 14.2. The van der Waals surface area contributed by atoms with Gasteiger partial charge in [-0.25, -0.2) is 0 Å². The van der Waals surface area contributed by atoms with Crippen molar-refractivity contribution in [3.63, 3.8) is 0 Å². The quantitative estimate of drug-likeness (QED) is 0.381. The van der Waals surface area contributed by atoms with Crippen LogP contribution in [0.4, 0.5) is 0 Å². The monoisotopic (exact) mass is 388 g/mol. The zero-order chi connectivity index (χ0) is 29.1. The van der Waals surface area contributed by atoms with E-state index in [-0.39, 0.29) is 34.5 Å². The Hall–Kier alpha value is -3.32. The molecule has 0 fully saturated rings. The lowest BCUT2D eigenvalue weighted by Crippen LogP contribution is -2.11. The van der Waals surface area contributed by atoms with Gasteiger partial charge in [0, 0.05) is 11.1 Å². The molecule has 0 atom stereocenters. The average Bonchev–Trinajstić information content (AvgIpc) is 2.89. The number of phenolic OH excluding ortho intramolecular Hbond substituents is 1. The number of benzene rings is 4. The van der Waals surface area contributed by atoms with Gasteiger partial charge in [0.2, 0.25) is 0 Å². The topological polar surface area (TPSA) is 20.2 Å². The van der Waals surface area contributed by atoms with Crippen molar-refractivity contribution in [3.8, 4) is 39.1 Å². The van der Waals surface area contributed by atoms with Crippen molar-refractivity contribution >= 4 is 0 Å². The first-order chi connectivity index (χ1) is 18.1. The molecule has 0 unspecified atom stereocenters. The molecule has 0 amide bonds. The van der Waals surface area contributed by atoms with Crippen molar-refractivity contribution in [1.82, 2.24) is 0 Å². The van der Waals surface area contributed by atoms with Crippen molar-refractivity contribution in [1.29, 1.82) is 0 Å². The van der Waals surface area contributed by atoms with Gasteiger partial charge in [0.15, 0.2) is 0 Å². The summed E-state index contributed by atoms with van der Waals surface area (Å²) in [7, 11) is 0. The fourth-order valence-electron chi connectivity index (χ4n) is 3.12. The van der Waals surface area contributed by atoms with Crippen LogP contribution in [0.15, 0.2) is 96.8 Å². The van der Waals surface area contributed by atoms with Crippen molar-refractivity contribution in [2.45, 2.75) is 26.2 Å². The zero-order valence-corrected chi connectivity index (χ0v) is 16.4. The molecule has 0 saturated carbocycles. The molecule has 1 nitrogen and oxygen atoms in total. The van der Waals surface area contributed by atoms with E-state index in [1.807, 2.05) is 26.8 Å². The van der Waals surface area contributed by atoms with Gasteiger partial charge in [-0.3, -0.25) is 0 Å². The SMILES string of the molecule is [2H]c1c([2H])c([2H])c(-c2cc(-c3cccc(-c4c([2H])c([2H])c([2H])c([2H])c4[2H])c3O)cc(C(C)(C)C)c2)c([2H])c1[2H]. The van der Waals surface area contributed by atoms with E-state index in [4.69, 9.17) is 13.7 Å². The maximum absolute atomic E-state index is 11.4. The highest BCUT2D eigenvalue weighted by molar-refractivity contribution is 5.84. The van der Waals surface area contributed by atoms with E-state index in [1.54, 1.807) is 24.3 Å². The Labute approximate surface area is 187 Å². The molecule has 1 N–H and O–H groups in total. The van der Waals surface area contributed by atoms with Crippen molar-refractivity contribution in [2.75, 3.05) is 0 Å². The van der Waals surface area contributed by atoms with Crippen LogP contribution < -0.4 is 0 Å². The smallest absolute Gasteiger partial charge is 0.131 e. The summed E-state index contributed by atoms with van der Waals surface area (Å²) >= 11 is 0. The molecule has 144 valence electrons. The summed E-state index contributed by atoms with van der Waals surface area (Å²) in [5.41, 5.74) is 1.41. The van der Waals surface area contributed by atoms with Gasteiger partial charge in [0.25, 0.3) is 0 Å². The molecule has 0 aromatic heterocycles. The first kappa shape index (κ1) is 10.5. The number of para-hydroxylation sites is 1. The van der Waals surface area contributed by atoms with Gasteiger partial charge in [0.05, 0.1) is 13.7 Å². The van der Waals surface area contributed by atoms with Gasteiger partial charge >= 0.3 is 0 Å². The molecule has 4 aromatic rings. The largest absolute Gasteiger partial charge is 0.507 e. The molecule has 29 heavy (non-hydrogen) atoms. The van der Waals surface area contributed by atoms with Gasteiger partial charge in [-0.2, -0.15) is 0 Å². The lowest BCUT2D eigenvalue weighted by Gasteiger charge is -2.22. The molecule has 0 radical (unpaired) electrons. The standard InChI is InChI=1S/C28H26O/c1-28(2,3)24-18-22(20-11-6-4-7-12-20)17-23(19-24)26-16-10-15-25(27(26)29)21-13-8-5-9-14-21/h4-19,29H,1-3H3/i4D,5D,6D,7D,8D,9D,11D,12D,13D,14D. The second-order valence-electron chi connectivity index (χ2n) is 7.75. The molecule has 0 spiro atoms. The minimum atomic E-state index is -0.537. The Morgan fingerprint density at radius 1 is 0.655 bits per heavy atom. The van der Waals surface area contributed by atoms with Crippen LogP contribution >= 0.6 is 0 Å². The summed E-state index contributed by atoms with van der Waals surface area (Å²) in [6.45, 7) is 5.88. The number of hydrogen-bond donors (Lipinski definition) is 1. The third kappa shape index (κ3) is 3.95. The minimum Gasteiger partial charge on any atom is -0.507 e. The van der Waals surface area contributed by atoms with Crippen molar-refractivity contribution < 1.29 is 18.8 Å². The molecular formula is C28H26O. The molecule has 0 heterocycles. The number of hydrogen-bond acceptors (Lipinski definition) is 1. The van der Waals surface area contributed by atoms with Gasteiger partial charge in [-0.15, -0.1) is 0 Å². The highest BCUT2D eigenvalue weighted by atomic mass is 16.3. The van der Waals surface area contributed by atoms with Crippen LogP contribution in [0.5, 0.6) is 5.75 Å². The lowest BCUT2D eigenvalue weighted by atomic mass is 9.83. The summed E-state index contributed by atoms with van der Waals surface area (Å²) in [4.78, 5) is 0. The maximum Gasteiger partial charge on any atom is 0.131 e. The fourth-order valence-corrected chi connectivity index (χ4v) is 3.12. The van der Waals surface area contributed by atoms with Crippen LogP contribution in [0, 0.1) is 0 Å². The van der Waals surface area contributed by atoms with Crippen LogP contribution in [-0.4, -0.2) is 5.11 Å². The predicted molar refractivity (Wildman–Crippen MR) is 123 cm³/mol. The van der Waals surface area contributed by atoms with E-state index in [1.165, 1.54) is 6.07 Å². The Kier molecular flexibility index (Phi) is 2.74. The molecule has 0 aliphatic carbocycles. The average molecular weight is 389 g/mol. The Balaban J connectivity index is 2.05. The second kappa shape index (κ2) is 7.60. The number of aromatic hydroxyl groups is 1. The van der Waals surface area contributed by atoms with Gasteiger partial charge < -0.3 is 5.11 Å². The number of phenols is 1. The summed E-state index contributed by atoms with van der Waals surface area (Å²) in [5, 5.41) is 11.4. The molecule has 1 heteroatoms. The van der Waals surface area contributed by atoms with Gasteiger partial charge in [0.1, 0.15) is 5.75 Å². The van der Waals surface area contributed by atoms with Crippen LogP contribution in [0.2, 0.25) is 0 Å². The normalized spacial score (nSPS) is 16.2. The van der Waals surface area contributed by atoms with E-state index in [9.17, 15) is 5.11 Å². The minimum absolute atomic E-state index is 0.0228. The molecular weight excluding hydrogens is 352 g/mol. The summed E-state index contributed by atoms with van der Waals surface area (Å²) in [6, 6.07) is 5.28. The molecule has 0 saturated heterocycles.